The summed E-state index contributed by atoms with van der Waals surface area (Å²) in [6, 6.07) is 10.3. The highest BCUT2D eigenvalue weighted by Gasteiger charge is 2.18. The highest BCUT2D eigenvalue weighted by Crippen LogP contribution is 2.32. The molecule has 3 rings (SSSR count). The molecule has 0 atom stereocenters. The van der Waals surface area contributed by atoms with Crippen LogP contribution in [0.1, 0.15) is 23.1 Å². The van der Waals surface area contributed by atoms with Gasteiger partial charge in [-0.05, 0) is 81.9 Å². The SMILES string of the molecule is Cc1cc(C)c2nc(N(CCCN(C)C)C(=O)/C=C\c3ccc([N+](=O)[O-])cc3)sc2c1. The van der Waals surface area contributed by atoms with Crippen molar-refractivity contribution in [3.63, 3.8) is 0 Å². The number of rotatable bonds is 8. The van der Waals surface area contributed by atoms with E-state index in [4.69, 9.17) is 4.98 Å². The number of nitrogens with zero attached hydrogens (tertiary/aromatic N) is 4. The van der Waals surface area contributed by atoms with Crippen molar-refractivity contribution in [3.05, 3.63) is 69.3 Å². The van der Waals surface area contributed by atoms with Crippen LogP contribution in [-0.2, 0) is 4.79 Å². The Labute approximate surface area is 185 Å². The van der Waals surface area contributed by atoms with E-state index in [0.717, 1.165) is 34.3 Å². The maximum atomic E-state index is 13.1. The zero-order valence-corrected chi connectivity index (χ0v) is 19.0. The second-order valence-electron chi connectivity index (χ2n) is 7.75. The van der Waals surface area contributed by atoms with Gasteiger partial charge < -0.3 is 4.90 Å². The average molecular weight is 439 g/mol. The van der Waals surface area contributed by atoms with Gasteiger partial charge in [-0.1, -0.05) is 17.4 Å². The average Bonchev–Trinajstić information content (AvgIpc) is 3.13. The van der Waals surface area contributed by atoms with Crippen molar-refractivity contribution in [3.8, 4) is 0 Å². The van der Waals surface area contributed by atoms with Crippen molar-refractivity contribution in [1.82, 2.24) is 9.88 Å². The number of thiazole rings is 1. The molecule has 0 bridgehead atoms. The van der Waals surface area contributed by atoms with Gasteiger partial charge in [0, 0.05) is 24.8 Å². The molecular formula is C23H26N4O3S. The zero-order chi connectivity index (χ0) is 22.5. The van der Waals surface area contributed by atoms with Gasteiger partial charge in [-0.3, -0.25) is 19.8 Å². The van der Waals surface area contributed by atoms with Crippen LogP contribution in [0.15, 0.2) is 42.5 Å². The fraction of sp³-hybridized carbons (Fsp3) is 0.304. The minimum absolute atomic E-state index is 0.0222. The third kappa shape index (κ3) is 5.74. The van der Waals surface area contributed by atoms with Crippen molar-refractivity contribution >= 4 is 44.4 Å². The van der Waals surface area contributed by atoms with E-state index in [0.29, 0.717) is 11.7 Å². The van der Waals surface area contributed by atoms with Crippen LogP contribution in [0.4, 0.5) is 10.8 Å². The number of amides is 1. The molecule has 8 heteroatoms. The summed E-state index contributed by atoms with van der Waals surface area (Å²) in [7, 11) is 4.01. The second kappa shape index (κ2) is 9.80. The number of nitro groups is 1. The number of carbonyl (C=O) groups is 1. The Morgan fingerprint density at radius 3 is 2.52 bits per heavy atom. The number of benzene rings is 2. The van der Waals surface area contributed by atoms with Crippen molar-refractivity contribution < 1.29 is 9.72 Å². The molecule has 1 amide bonds. The summed E-state index contributed by atoms with van der Waals surface area (Å²) < 4.78 is 1.07. The summed E-state index contributed by atoms with van der Waals surface area (Å²) in [4.78, 5) is 32.0. The van der Waals surface area contributed by atoms with E-state index in [-0.39, 0.29) is 11.6 Å². The number of anilines is 1. The smallest absolute Gasteiger partial charge is 0.269 e. The molecule has 0 spiro atoms. The minimum atomic E-state index is -0.442. The molecule has 3 aromatic rings. The summed E-state index contributed by atoms with van der Waals surface area (Å²) >= 11 is 1.52. The molecular weight excluding hydrogens is 412 g/mol. The van der Waals surface area contributed by atoms with Crippen LogP contribution in [-0.4, -0.2) is 47.9 Å². The molecule has 0 aliphatic carbocycles. The molecule has 0 saturated carbocycles. The molecule has 0 saturated heterocycles. The standard InChI is InChI=1S/C23H26N4O3S/c1-16-14-17(2)22-20(15-16)31-23(24-22)26(13-5-12-25(3)4)21(28)11-8-18-6-9-19(10-7-18)27(29)30/h6-11,14-15H,5,12-13H2,1-4H3/b11-8-. The summed E-state index contributed by atoms with van der Waals surface area (Å²) in [5.74, 6) is -0.162. The number of aromatic nitrogens is 1. The maximum Gasteiger partial charge on any atom is 0.269 e. The van der Waals surface area contributed by atoms with Gasteiger partial charge in [0.25, 0.3) is 11.6 Å². The van der Waals surface area contributed by atoms with E-state index in [2.05, 4.69) is 24.0 Å². The Kier molecular flexibility index (Phi) is 7.14. The molecule has 0 aliphatic rings. The highest BCUT2D eigenvalue weighted by atomic mass is 32.1. The molecule has 0 unspecified atom stereocenters. The molecule has 31 heavy (non-hydrogen) atoms. The normalized spacial score (nSPS) is 11.5. The van der Waals surface area contributed by atoms with Gasteiger partial charge in [-0.15, -0.1) is 0 Å². The Morgan fingerprint density at radius 1 is 1.16 bits per heavy atom. The number of hydrogen-bond acceptors (Lipinski definition) is 6. The van der Waals surface area contributed by atoms with Gasteiger partial charge in [0.15, 0.2) is 5.13 Å². The van der Waals surface area contributed by atoms with Crippen molar-refractivity contribution in [1.29, 1.82) is 0 Å². The first-order valence-corrected chi connectivity index (χ1v) is 10.8. The lowest BCUT2D eigenvalue weighted by atomic mass is 10.1. The number of carbonyl (C=O) groups excluding carboxylic acids is 1. The lowest BCUT2D eigenvalue weighted by Crippen LogP contribution is -2.32. The highest BCUT2D eigenvalue weighted by molar-refractivity contribution is 7.22. The van der Waals surface area contributed by atoms with Crippen molar-refractivity contribution in [2.24, 2.45) is 0 Å². The molecule has 7 nitrogen and oxygen atoms in total. The predicted molar refractivity (Wildman–Crippen MR) is 127 cm³/mol. The first-order valence-electron chi connectivity index (χ1n) is 10.0. The van der Waals surface area contributed by atoms with Crippen molar-refractivity contribution in [2.45, 2.75) is 20.3 Å². The second-order valence-corrected chi connectivity index (χ2v) is 8.76. The topological polar surface area (TPSA) is 79.6 Å². The van der Waals surface area contributed by atoms with E-state index in [9.17, 15) is 14.9 Å². The predicted octanol–water partition coefficient (Wildman–Crippen LogP) is 4.82. The lowest BCUT2D eigenvalue weighted by Gasteiger charge is -2.19. The van der Waals surface area contributed by atoms with Crippen LogP contribution >= 0.6 is 11.3 Å². The first kappa shape index (κ1) is 22.6. The lowest BCUT2D eigenvalue weighted by molar-refractivity contribution is -0.384. The number of non-ortho nitro benzene ring substituents is 1. The monoisotopic (exact) mass is 438 g/mol. The summed E-state index contributed by atoms with van der Waals surface area (Å²) in [5.41, 5.74) is 3.94. The van der Waals surface area contributed by atoms with E-state index in [1.54, 1.807) is 23.1 Å². The van der Waals surface area contributed by atoms with Crippen LogP contribution in [0, 0.1) is 24.0 Å². The third-order valence-corrected chi connectivity index (χ3v) is 5.85. The Hall–Kier alpha value is -3.10. The Balaban J connectivity index is 1.86. The van der Waals surface area contributed by atoms with Crippen LogP contribution in [0.2, 0.25) is 0 Å². The van der Waals surface area contributed by atoms with Crippen LogP contribution < -0.4 is 4.90 Å². The number of nitro benzene ring substituents is 1. The minimum Gasteiger partial charge on any atom is -0.309 e. The van der Waals surface area contributed by atoms with E-state index >= 15 is 0 Å². The molecule has 0 N–H and O–H groups in total. The number of hydrogen-bond donors (Lipinski definition) is 0. The van der Waals surface area contributed by atoms with Gasteiger partial charge >= 0.3 is 0 Å². The van der Waals surface area contributed by atoms with Gasteiger partial charge in [0.1, 0.15) is 0 Å². The maximum absolute atomic E-state index is 13.1. The Morgan fingerprint density at radius 2 is 1.87 bits per heavy atom. The molecule has 1 heterocycles. The largest absolute Gasteiger partial charge is 0.309 e. The third-order valence-electron chi connectivity index (χ3n) is 4.82. The van der Waals surface area contributed by atoms with Crippen molar-refractivity contribution in [2.75, 3.05) is 32.1 Å². The summed E-state index contributed by atoms with van der Waals surface area (Å²) in [5, 5.41) is 11.5. The molecule has 0 aliphatic heterocycles. The van der Waals surface area contributed by atoms with E-state index in [1.165, 1.54) is 35.1 Å². The number of fused-ring (bicyclic) bond motifs is 1. The first-order chi connectivity index (χ1) is 14.7. The van der Waals surface area contributed by atoms with Crippen LogP contribution in [0.5, 0.6) is 0 Å². The Bertz CT molecular complexity index is 1120. The molecule has 1 aromatic heterocycles. The van der Waals surface area contributed by atoms with Gasteiger partial charge in [0.2, 0.25) is 0 Å². The molecule has 2 aromatic carbocycles. The van der Waals surface area contributed by atoms with Gasteiger partial charge in [-0.25, -0.2) is 4.98 Å². The molecule has 162 valence electrons. The van der Waals surface area contributed by atoms with Crippen LogP contribution in [0.25, 0.3) is 16.3 Å². The van der Waals surface area contributed by atoms with Gasteiger partial charge in [-0.2, -0.15) is 0 Å². The van der Waals surface area contributed by atoms with E-state index in [1.807, 2.05) is 21.0 Å². The fourth-order valence-electron chi connectivity index (χ4n) is 3.28. The quantitative estimate of drug-likeness (QED) is 0.286. The fourth-order valence-corrected chi connectivity index (χ4v) is 4.46. The number of aryl methyl sites for hydroxylation is 2. The molecule has 0 radical (unpaired) electrons. The summed E-state index contributed by atoms with van der Waals surface area (Å²) in [6.45, 7) is 5.50. The molecule has 0 fully saturated rings. The van der Waals surface area contributed by atoms with Crippen LogP contribution in [0.3, 0.4) is 0 Å². The summed E-state index contributed by atoms with van der Waals surface area (Å²) in [6.07, 6.45) is 3.99. The zero-order valence-electron chi connectivity index (χ0n) is 18.2. The van der Waals surface area contributed by atoms with Gasteiger partial charge in [0.05, 0.1) is 15.1 Å². The van der Waals surface area contributed by atoms with E-state index < -0.39 is 4.92 Å².